The SMILES string of the molecule is CC(C(=O)O)C1=CCCc2cccc(Cl)c21. The smallest absolute Gasteiger partial charge is 0.310 e. The number of carboxylic acid groups (broad SMARTS) is 1. The third-order valence-electron chi connectivity index (χ3n) is 3.00. The number of carboxylic acids is 1. The molecule has 0 saturated carbocycles. The number of aryl methyl sites for hydroxylation is 1. The number of aliphatic carboxylic acids is 1. The molecular formula is C13H13ClO2. The van der Waals surface area contributed by atoms with E-state index in [1.54, 1.807) is 6.92 Å². The van der Waals surface area contributed by atoms with Gasteiger partial charge in [-0.25, -0.2) is 0 Å². The number of benzene rings is 1. The molecule has 1 aromatic rings. The van der Waals surface area contributed by atoms with Crippen LogP contribution in [0.4, 0.5) is 0 Å². The van der Waals surface area contributed by atoms with E-state index in [1.807, 2.05) is 24.3 Å². The van der Waals surface area contributed by atoms with Gasteiger partial charge in [0.2, 0.25) is 0 Å². The maximum atomic E-state index is 11.0. The monoisotopic (exact) mass is 236 g/mol. The highest BCUT2D eigenvalue weighted by Gasteiger charge is 2.24. The first-order valence-electron chi connectivity index (χ1n) is 5.32. The van der Waals surface area contributed by atoms with Crippen LogP contribution >= 0.6 is 11.6 Å². The Morgan fingerprint density at radius 1 is 1.50 bits per heavy atom. The molecule has 1 aliphatic carbocycles. The second kappa shape index (κ2) is 4.30. The molecule has 0 aromatic heterocycles. The highest BCUT2D eigenvalue weighted by molar-refractivity contribution is 6.32. The maximum absolute atomic E-state index is 11.0. The van der Waals surface area contributed by atoms with Crippen LogP contribution in [0.5, 0.6) is 0 Å². The van der Waals surface area contributed by atoms with Gasteiger partial charge in [0.05, 0.1) is 5.92 Å². The normalized spacial score (nSPS) is 16.2. The third-order valence-corrected chi connectivity index (χ3v) is 3.32. The fraction of sp³-hybridized carbons (Fsp3) is 0.308. The summed E-state index contributed by atoms with van der Waals surface area (Å²) in [6.45, 7) is 1.70. The Labute approximate surface area is 99.5 Å². The number of hydrogen-bond acceptors (Lipinski definition) is 1. The lowest BCUT2D eigenvalue weighted by Crippen LogP contribution is -2.15. The van der Waals surface area contributed by atoms with Gasteiger partial charge >= 0.3 is 5.97 Å². The summed E-state index contributed by atoms with van der Waals surface area (Å²) in [5, 5.41) is 9.72. The van der Waals surface area contributed by atoms with Crippen LogP contribution in [0.3, 0.4) is 0 Å². The van der Waals surface area contributed by atoms with E-state index in [0.29, 0.717) is 5.02 Å². The van der Waals surface area contributed by atoms with Crippen LogP contribution < -0.4 is 0 Å². The topological polar surface area (TPSA) is 37.3 Å². The van der Waals surface area contributed by atoms with E-state index >= 15 is 0 Å². The summed E-state index contributed by atoms with van der Waals surface area (Å²) in [4.78, 5) is 11.0. The summed E-state index contributed by atoms with van der Waals surface area (Å²) in [6.07, 6.45) is 3.82. The Bertz CT molecular complexity index is 463. The van der Waals surface area contributed by atoms with Crippen molar-refractivity contribution in [2.45, 2.75) is 19.8 Å². The van der Waals surface area contributed by atoms with Crippen LogP contribution in [0, 0.1) is 5.92 Å². The number of halogens is 1. The molecule has 0 aliphatic heterocycles. The number of carbonyl (C=O) groups is 1. The Morgan fingerprint density at radius 2 is 2.25 bits per heavy atom. The zero-order valence-electron chi connectivity index (χ0n) is 9.03. The fourth-order valence-corrected chi connectivity index (χ4v) is 2.42. The summed E-state index contributed by atoms with van der Waals surface area (Å²) in [6, 6.07) is 5.74. The lowest BCUT2D eigenvalue weighted by atomic mass is 9.84. The van der Waals surface area contributed by atoms with Crippen molar-refractivity contribution in [3.05, 3.63) is 40.4 Å². The molecule has 0 radical (unpaired) electrons. The second-order valence-electron chi connectivity index (χ2n) is 4.03. The predicted molar refractivity (Wildman–Crippen MR) is 64.5 cm³/mol. The number of hydrogen-bond donors (Lipinski definition) is 1. The van der Waals surface area contributed by atoms with Crippen molar-refractivity contribution < 1.29 is 9.90 Å². The molecule has 1 N–H and O–H groups in total. The average Bonchev–Trinajstić information content (AvgIpc) is 2.27. The Morgan fingerprint density at radius 3 is 2.94 bits per heavy atom. The highest BCUT2D eigenvalue weighted by atomic mass is 35.5. The second-order valence-corrected chi connectivity index (χ2v) is 4.44. The molecule has 1 aromatic carbocycles. The minimum atomic E-state index is -0.806. The number of allylic oxidation sites excluding steroid dienone is 1. The van der Waals surface area contributed by atoms with Gasteiger partial charge in [-0.1, -0.05) is 29.8 Å². The minimum absolute atomic E-state index is 0.501. The Balaban J connectivity index is 2.51. The molecule has 2 nitrogen and oxygen atoms in total. The van der Waals surface area contributed by atoms with E-state index in [4.69, 9.17) is 16.7 Å². The van der Waals surface area contributed by atoms with E-state index in [9.17, 15) is 4.79 Å². The highest BCUT2D eigenvalue weighted by Crippen LogP contribution is 2.36. The molecular weight excluding hydrogens is 224 g/mol. The van der Waals surface area contributed by atoms with Gasteiger partial charge in [0.1, 0.15) is 0 Å². The molecule has 0 saturated heterocycles. The molecule has 1 atom stereocenters. The molecule has 0 fully saturated rings. The number of fused-ring (bicyclic) bond motifs is 1. The van der Waals surface area contributed by atoms with Crippen LogP contribution in [-0.2, 0) is 11.2 Å². The molecule has 2 rings (SSSR count). The average molecular weight is 237 g/mol. The third kappa shape index (κ3) is 1.85. The summed E-state index contributed by atoms with van der Waals surface area (Å²) >= 11 is 6.15. The minimum Gasteiger partial charge on any atom is -0.481 e. The maximum Gasteiger partial charge on any atom is 0.310 e. The van der Waals surface area contributed by atoms with Gasteiger partial charge < -0.3 is 5.11 Å². The lowest BCUT2D eigenvalue weighted by molar-refractivity contribution is -0.139. The summed E-state index contributed by atoms with van der Waals surface area (Å²) in [5.74, 6) is -1.31. The standard InChI is InChI=1S/C13H13ClO2/c1-8(13(15)16)10-6-2-4-9-5-3-7-11(14)12(9)10/h3,5-8H,2,4H2,1H3,(H,15,16). The molecule has 1 unspecified atom stereocenters. The molecule has 16 heavy (non-hydrogen) atoms. The first-order chi connectivity index (χ1) is 7.61. The summed E-state index contributed by atoms with van der Waals surface area (Å²) < 4.78 is 0. The van der Waals surface area contributed by atoms with Crippen molar-refractivity contribution in [3.63, 3.8) is 0 Å². The quantitative estimate of drug-likeness (QED) is 0.855. The first kappa shape index (κ1) is 11.2. The van der Waals surface area contributed by atoms with E-state index in [0.717, 1.165) is 29.5 Å². The molecule has 1 aliphatic rings. The van der Waals surface area contributed by atoms with Crippen molar-refractivity contribution in [2.75, 3.05) is 0 Å². The van der Waals surface area contributed by atoms with Crippen molar-refractivity contribution in [2.24, 2.45) is 5.92 Å². The Kier molecular flexibility index (Phi) is 3.01. The van der Waals surface area contributed by atoms with Gasteiger partial charge in [-0.3, -0.25) is 4.79 Å². The van der Waals surface area contributed by atoms with Gasteiger partial charge in [-0.15, -0.1) is 0 Å². The van der Waals surface area contributed by atoms with E-state index in [1.165, 1.54) is 0 Å². The van der Waals surface area contributed by atoms with Crippen LogP contribution in [0.25, 0.3) is 5.57 Å². The van der Waals surface area contributed by atoms with Gasteiger partial charge in [-0.2, -0.15) is 0 Å². The molecule has 0 amide bonds. The van der Waals surface area contributed by atoms with E-state index < -0.39 is 11.9 Å². The molecule has 0 heterocycles. The van der Waals surface area contributed by atoms with Gasteiger partial charge in [0.15, 0.2) is 0 Å². The predicted octanol–water partition coefficient (Wildman–Crippen LogP) is 3.39. The van der Waals surface area contributed by atoms with E-state index in [-0.39, 0.29) is 0 Å². The molecule has 84 valence electrons. The van der Waals surface area contributed by atoms with Crippen LogP contribution in [0.1, 0.15) is 24.5 Å². The van der Waals surface area contributed by atoms with Crippen LogP contribution in [0.2, 0.25) is 5.02 Å². The van der Waals surface area contributed by atoms with Crippen molar-refractivity contribution in [1.82, 2.24) is 0 Å². The first-order valence-corrected chi connectivity index (χ1v) is 5.69. The van der Waals surface area contributed by atoms with Crippen LogP contribution in [0.15, 0.2) is 24.3 Å². The summed E-state index contributed by atoms with van der Waals surface area (Å²) in [5.41, 5.74) is 2.92. The lowest BCUT2D eigenvalue weighted by Gasteiger charge is -2.21. The van der Waals surface area contributed by atoms with Gasteiger partial charge in [-0.05, 0) is 42.5 Å². The summed E-state index contributed by atoms with van der Waals surface area (Å²) in [7, 11) is 0. The molecule has 0 bridgehead atoms. The zero-order chi connectivity index (χ0) is 11.7. The van der Waals surface area contributed by atoms with E-state index in [2.05, 4.69) is 0 Å². The van der Waals surface area contributed by atoms with Crippen molar-refractivity contribution in [1.29, 1.82) is 0 Å². The number of rotatable bonds is 2. The molecule has 3 heteroatoms. The Hall–Kier alpha value is -1.28. The van der Waals surface area contributed by atoms with Crippen molar-refractivity contribution in [3.8, 4) is 0 Å². The molecule has 0 spiro atoms. The van der Waals surface area contributed by atoms with Gasteiger partial charge in [0.25, 0.3) is 0 Å². The van der Waals surface area contributed by atoms with Crippen molar-refractivity contribution >= 4 is 23.1 Å². The largest absolute Gasteiger partial charge is 0.481 e. The van der Waals surface area contributed by atoms with Gasteiger partial charge in [0, 0.05) is 5.02 Å². The zero-order valence-corrected chi connectivity index (χ0v) is 9.79. The van der Waals surface area contributed by atoms with Crippen LogP contribution in [-0.4, -0.2) is 11.1 Å². The fourth-order valence-electron chi connectivity index (χ4n) is 2.11.